The highest BCUT2D eigenvalue weighted by Crippen LogP contribution is 2.21. The van der Waals surface area contributed by atoms with Gasteiger partial charge < -0.3 is 15.9 Å². The van der Waals surface area contributed by atoms with Crippen LogP contribution >= 0.6 is 0 Å². The number of nitrogens with zero attached hydrogens (tertiary/aromatic N) is 2. The molecule has 0 radical (unpaired) electrons. The Labute approximate surface area is 101 Å². The lowest BCUT2D eigenvalue weighted by atomic mass is 10.2. The normalized spacial score (nSPS) is 10.5. The summed E-state index contributed by atoms with van der Waals surface area (Å²) in [5, 5.41) is 37.2. The number of amidine groups is 1. The molecule has 1 aromatic carbocycles. The zero-order valence-corrected chi connectivity index (χ0v) is 9.01. The maximum Gasteiger partial charge on any atom is 0.339 e. The Morgan fingerprint density at radius 3 is 2.72 bits per heavy atom. The Kier molecular flexibility index (Phi) is 3.83. The van der Waals surface area contributed by atoms with Crippen LogP contribution in [0.4, 0.5) is 5.69 Å². The first-order valence-corrected chi connectivity index (χ1v) is 4.60. The second kappa shape index (κ2) is 5.31. The second-order valence-corrected chi connectivity index (χ2v) is 3.13. The summed E-state index contributed by atoms with van der Waals surface area (Å²) in [5.74, 6) is -2.20. The molecule has 1 rings (SSSR count). The summed E-state index contributed by atoms with van der Waals surface area (Å²) < 4.78 is 0. The number of rotatable bonds is 4. The minimum absolute atomic E-state index is 0.235. The fraction of sp³-hybridized carbons (Fsp3) is 0. The Balaban J connectivity index is 3.00. The molecule has 0 aliphatic heterocycles. The number of carbonyl (C=O) groups is 1. The average molecular weight is 247 g/mol. The Morgan fingerprint density at radius 1 is 1.56 bits per heavy atom. The third kappa shape index (κ3) is 2.96. The van der Waals surface area contributed by atoms with Gasteiger partial charge in [0.05, 0.1) is 5.69 Å². The number of phenols is 1. The molecule has 0 spiro atoms. The summed E-state index contributed by atoms with van der Waals surface area (Å²) >= 11 is 0. The van der Waals surface area contributed by atoms with E-state index in [1.54, 1.807) is 6.07 Å². The topological polar surface area (TPSA) is 156 Å². The van der Waals surface area contributed by atoms with Crippen molar-refractivity contribution in [3.63, 3.8) is 0 Å². The predicted molar refractivity (Wildman–Crippen MR) is 63.7 cm³/mol. The molecule has 0 fully saturated rings. The lowest BCUT2D eigenvalue weighted by molar-refractivity contribution is 0.0694. The van der Waals surface area contributed by atoms with E-state index >= 15 is 0 Å². The van der Waals surface area contributed by atoms with Gasteiger partial charge in [0.15, 0.2) is 5.84 Å². The van der Waals surface area contributed by atoms with Crippen LogP contribution < -0.4 is 11.2 Å². The fourth-order valence-corrected chi connectivity index (χ4v) is 1.04. The molecule has 0 amide bonds. The van der Waals surface area contributed by atoms with Gasteiger partial charge in [0, 0.05) is 0 Å². The first-order chi connectivity index (χ1) is 8.45. The van der Waals surface area contributed by atoms with E-state index in [4.69, 9.17) is 21.5 Å². The monoisotopic (exact) mass is 247 g/mol. The van der Waals surface area contributed by atoms with E-state index in [1.807, 2.05) is 0 Å². The van der Waals surface area contributed by atoms with E-state index < -0.39 is 11.8 Å². The molecule has 0 atom stereocenters. The molecule has 0 saturated heterocycles. The maximum atomic E-state index is 10.7. The van der Waals surface area contributed by atoms with Crippen molar-refractivity contribution in [2.45, 2.75) is 0 Å². The summed E-state index contributed by atoms with van der Waals surface area (Å²) in [4.78, 5) is 10.7. The Morgan fingerprint density at radius 2 is 2.22 bits per heavy atom. The highest BCUT2D eigenvalue weighted by molar-refractivity contribution is 6.45. The van der Waals surface area contributed by atoms with Crippen molar-refractivity contribution in [2.24, 2.45) is 10.8 Å². The molecule has 6 N–H and O–H groups in total. The number of aromatic carboxylic acids is 1. The molecule has 8 heteroatoms. The molecule has 1 aromatic rings. The van der Waals surface area contributed by atoms with Gasteiger partial charge in [-0.3, -0.25) is 10.8 Å². The number of hydrogen-bond acceptors (Lipinski definition) is 6. The number of carboxylic acid groups (broad SMARTS) is 1. The molecule has 92 valence electrons. The molecule has 18 heavy (non-hydrogen) atoms. The van der Waals surface area contributed by atoms with Gasteiger partial charge in [-0.05, 0) is 18.2 Å². The van der Waals surface area contributed by atoms with Gasteiger partial charge in [0.25, 0.3) is 0 Å². The van der Waals surface area contributed by atoms with Gasteiger partial charge in [-0.15, -0.1) is 0 Å². The molecule has 0 unspecified atom stereocenters. The number of benzene rings is 1. The highest BCUT2D eigenvalue weighted by Gasteiger charge is 2.10. The molecule has 0 aliphatic rings. The zero-order valence-electron chi connectivity index (χ0n) is 9.01. The van der Waals surface area contributed by atoms with Gasteiger partial charge in [-0.2, -0.15) is 10.4 Å². The lowest BCUT2D eigenvalue weighted by Crippen LogP contribution is -2.21. The van der Waals surface area contributed by atoms with E-state index in [9.17, 15) is 9.90 Å². The van der Waals surface area contributed by atoms with E-state index in [2.05, 4.69) is 10.5 Å². The molecule has 0 aliphatic carbocycles. The van der Waals surface area contributed by atoms with Crippen LogP contribution in [0.1, 0.15) is 10.4 Å². The predicted octanol–water partition coefficient (Wildman–Crippen LogP) is 0.318. The van der Waals surface area contributed by atoms with Crippen molar-refractivity contribution in [2.75, 3.05) is 5.43 Å². The minimum Gasteiger partial charge on any atom is -0.507 e. The third-order valence-electron chi connectivity index (χ3n) is 1.88. The highest BCUT2D eigenvalue weighted by atomic mass is 16.4. The number of anilines is 1. The molecule has 8 nitrogen and oxygen atoms in total. The van der Waals surface area contributed by atoms with Crippen molar-refractivity contribution in [1.82, 2.24) is 0 Å². The Hall–Kier alpha value is -3.08. The third-order valence-corrected chi connectivity index (χ3v) is 1.88. The van der Waals surface area contributed by atoms with E-state index in [0.29, 0.717) is 0 Å². The smallest absolute Gasteiger partial charge is 0.339 e. The first kappa shape index (κ1) is 13.0. The number of nitrogens with one attached hydrogen (secondary N) is 2. The van der Waals surface area contributed by atoms with Crippen LogP contribution in [0.15, 0.2) is 23.3 Å². The summed E-state index contributed by atoms with van der Waals surface area (Å²) in [6, 6.07) is 5.26. The number of aromatic hydroxyl groups is 1. The summed E-state index contributed by atoms with van der Waals surface area (Å²) in [6.45, 7) is 0. The standard InChI is InChI=1S/C10H9N5O3/c11-4-7(9(12)13)15-14-5-1-2-8(16)6(3-5)10(17)18/h1-3,14,16H,(H3,12,13)(H,17,18)/b15-7+. The van der Waals surface area contributed by atoms with Crippen LogP contribution in [-0.2, 0) is 0 Å². The lowest BCUT2D eigenvalue weighted by Gasteiger charge is -2.04. The quantitative estimate of drug-likeness (QED) is 0.223. The van der Waals surface area contributed by atoms with Gasteiger partial charge in [0.1, 0.15) is 17.4 Å². The summed E-state index contributed by atoms with van der Waals surface area (Å²) in [5.41, 5.74) is 7.03. The average Bonchev–Trinajstić information content (AvgIpc) is 2.31. The maximum absolute atomic E-state index is 10.7. The van der Waals surface area contributed by atoms with Crippen LogP contribution in [0.3, 0.4) is 0 Å². The van der Waals surface area contributed by atoms with Crippen molar-refractivity contribution in [3.8, 4) is 11.8 Å². The van der Waals surface area contributed by atoms with Crippen molar-refractivity contribution < 1.29 is 15.0 Å². The van der Waals surface area contributed by atoms with Crippen LogP contribution in [0.2, 0.25) is 0 Å². The van der Waals surface area contributed by atoms with Gasteiger partial charge >= 0.3 is 5.97 Å². The molecular formula is C10H9N5O3. The first-order valence-electron chi connectivity index (χ1n) is 4.60. The van der Waals surface area contributed by atoms with Crippen LogP contribution in [-0.4, -0.2) is 27.7 Å². The summed E-state index contributed by atoms with van der Waals surface area (Å²) in [7, 11) is 0. The molecule has 0 saturated carbocycles. The van der Waals surface area contributed by atoms with Crippen LogP contribution in [0, 0.1) is 16.7 Å². The van der Waals surface area contributed by atoms with E-state index in [0.717, 1.165) is 6.07 Å². The van der Waals surface area contributed by atoms with E-state index in [-0.39, 0.29) is 22.7 Å². The number of carboxylic acids is 1. The number of hydrogen-bond donors (Lipinski definition) is 5. The molecular weight excluding hydrogens is 238 g/mol. The van der Waals surface area contributed by atoms with Crippen molar-refractivity contribution in [1.29, 1.82) is 10.7 Å². The summed E-state index contributed by atoms with van der Waals surface area (Å²) in [6.07, 6.45) is 0. The van der Waals surface area contributed by atoms with Crippen LogP contribution in [0.5, 0.6) is 5.75 Å². The molecule has 0 heterocycles. The SMILES string of the molecule is N#C/C(=N\Nc1ccc(O)c(C(=O)O)c1)C(=N)N. The Bertz CT molecular complexity index is 573. The minimum atomic E-state index is -1.30. The zero-order chi connectivity index (χ0) is 13.7. The van der Waals surface area contributed by atoms with E-state index in [1.165, 1.54) is 12.1 Å². The largest absolute Gasteiger partial charge is 0.507 e. The number of nitrogens with two attached hydrogens (primary N) is 1. The van der Waals surface area contributed by atoms with Crippen molar-refractivity contribution in [3.05, 3.63) is 23.8 Å². The van der Waals surface area contributed by atoms with Gasteiger partial charge in [0.2, 0.25) is 5.71 Å². The van der Waals surface area contributed by atoms with Gasteiger partial charge in [-0.25, -0.2) is 4.79 Å². The second-order valence-electron chi connectivity index (χ2n) is 3.13. The molecule has 0 aromatic heterocycles. The fourth-order valence-electron chi connectivity index (χ4n) is 1.04. The number of nitriles is 1. The van der Waals surface area contributed by atoms with Gasteiger partial charge in [-0.1, -0.05) is 0 Å². The van der Waals surface area contributed by atoms with Crippen molar-refractivity contribution >= 4 is 23.2 Å². The van der Waals surface area contributed by atoms with Crippen LogP contribution in [0.25, 0.3) is 0 Å². The number of hydrazone groups is 1. The molecule has 0 bridgehead atoms.